The number of aromatic amines is 1. The molecular formula is C25H24ClN5O2. The zero-order valence-corrected chi connectivity index (χ0v) is 18.8. The number of benzene rings is 1. The molecule has 2 N–H and O–H groups in total. The highest BCUT2D eigenvalue weighted by atomic mass is 35.5. The van der Waals surface area contributed by atoms with Gasteiger partial charge >= 0.3 is 6.09 Å². The van der Waals surface area contributed by atoms with Gasteiger partial charge in [-0.25, -0.2) is 14.8 Å². The Morgan fingerprint density at radius 1 is 1.21 bits per heavy atom. The molecule has 0 bridgehead atoms. The third-order valence-electron chi connectivity index (χ3n) is 5.79. The first-order valence-corrected chi connectivity index (χ1v) is 11.4. The second kappa shape index (κ2) is 9.50. The molecular weight excluding hydrogens is 438 g/mol. The zero-order valence-electron chi connectivity index (χ0n) is 18.0. The van der Waals surface area contributed by atoms with E-state index in [9.17, 15) is 4.79 Å². The molecule has 4 heterocycles. The number of nitrogens with one attached hydrogen (secondary N) is 2. The third kappa shape index (κ3) is 4.93. The molecule has 1 aliphatic rings. The Bertz CT molecular complexity index is 1260. The summed E-state index contributed by atoms with van der Waals surface area (Å²) in [5.41, 5.74) is 3.76. The maximum atomic E-state index is 12.6. The van der Waals surface area contributed by atoms with Crippen LogP contribution in [-0.2, 0) is 11.3 Å². The Morgan fingerprint density at radius 2 is 2.09 bits per heavy atom. The van der Waals surface area contributed by atoms with Gasteiger partial charge in [-0.15, -0.1) is 0 Å². The minimum absolute atomic E-state index is 0.0616. The number of hydrogen-bond acceptors (Lipinski definition) is 5. The van der Waals surface area contributed by atoms with Crippen LogP contribution in [0.25, 0.3) is 22.2 Å². The molecule has 1 atom stereocenters. The molecule has 0 radical (unpaired) electrons. The molecule has 1 amide bonds. The lowest BCUT2D eigenvalue weighted by Crippen LogP contribution is -2.45. The molecule has 7 nitrogen and oxygen atoms in total. The van der Waals surface area contributed by atoms with Crippen molar-refractivity contribution in [3.05, 3.63) is 77.7 Å². The number of anilines is 1. The summed E-state index contributed by atoms with van der Waals surface area (Å²) in [6, 6.07) is 17.5. The molecule has 33 heavy (non-hydrogen) atoms. The quantitative estimate of drug-likeness (QED) is 0.384. The largest absolute Gasteiger partial charge is 0.445 e. The van der Waals surface area contributed by atoms with Crippen molar-refractivity contribution >= 4 is 34.5 Å². The van der Waals surface area contributed by atoms with Crippen LogP contribution >= 0.6 is 11.6 Å². The van der Waals surface area contributed by atoms with Gasteiger partial charge in [0.25, 0.3) is 0 Å². The van der Waals surface area contributed by atoms with Gasteiger partial charge in [0.2, 0.25) is 0 Å². The van der Waals surface area contributed by atoms with Crippen molar-refractivity contribution in [1.29, 1.82) is 0 Å². The molecule has 8 heteroatoms. The topological polar surface area (TPSA) is 83.1 Å². The van der Waals surface area contributed by atoms with E-state index < -0.39 is 0 Å². The van der Waals surface area contributed by atoms with Crippen LogP contribution in [0.3, 0.4) is 0 Å². The van der Waals surface area contributed by atoms with Crippen LogP contribution in [-0.4, -0.2) is 45.1 Å². The fourth-order valence-corrected chi connectivity index (χ4v) is 4.41. The average molecular weight is 462 g/mol. The fraction of sp³-hybridized carbons (Fsp3) is 0.240. The van der Waals surface area contributed by atoms with Gasteiger partial charge in [0.05, 0.1) is 0 Å². The van der Waals surface area contributed by atoms with Crippen molar-refractivity contribution in [1.82, 2.24) is 19.9 Å². The Hall–Kier alpha value is -3.58. The maximum Gasteiger partial charge on any atom is 0.410 e. The van der Waals surface area contributed by atoms with Crippen molar-refractivity contribution < 1.29 is 9.53 Å². The highest BCUT2D eigenvalue weighted by Crippen LogP contribution is 2.31. The third-order valence-corrected chi connectivity index (χ3v) is 5.99. The minimum Gasteiger partial charge on any atom is -0.445 e. The summed E-state index contributed by atoms with van der Waals surface area (Å²) in [6.45, 7) is 1.50. The van der Waals surface area contributed by atoms with Crippen LogP contribution in [0.5, 0.6) is 0 Å². The molecule has 4 aromatic rings. The summed E-state index contributed by atoms with van der Waals surface area (Å²) in [5, 5.41) is 4.89. The summed E-state index contributed by atoms with van der Waals surface area (Å²) in [7, 11) is 0. The highest BCUT2D eigenvalue weighted by molar-refractivity contribution is 6.29. The number of carbonyl (C=O) groups excluding carboxylic acids is 1. The monoisotopic (exact) mass is 461 g/mol. The van der Waals surface area contributed by atoms with Crippen molar-refractivity contribution in [2.24, 2.45) is 0 Å². The number of carbonyl (C=O) groups is 1. The number of aromatic nitrogens is 3. The zero-order chi connectivity index (χ0) is 22.6. The number of amides is 1. The molecule has 0 spiro atoms. The summed E-state index contributed by atoms with van der Waals surface area (Å²) >= 11 is 6.35. The normalized spacial score (nSPS) is 16.0. The first kappa shape index (κ1) is 21.3. The van der Waals surface area contributed by atoms with E-state index in [2.05, 4.69) is 20.3 Å². The second-order valence-electron chi connectivity index (χ2n) is 8.14. The van der Waals surface area contributed by atoms with Gasteiger partial charge in [0.15, 0.2) is 0 Å². The van der Waals surface area contributed by atoms with Gasteiger partial charge in [0, 0.05) is 42.5 Å². The second-order valence-corrected chi connectivity index (χ2v) is 8.52. The molecule has 0 saturated carbocycles. The number of likely N-dealkylation sites (tertiary alicyclic amines) is 1. The summed E-state index contributed by atoms with van der Waals surface area (Å²) < 4.78 is 5.51. The van der Waals surface area contributed by atoms with Crippen LogP contribution in [0.4, 0.5) is 10.6 Å². The molecule has 0 aliphatic carbocycles. The number of piperidine rings is 1. The fourth-order valence-electron chi connectivity index (χ4n) is 4.20. The Morgan fingerprint density at radius 3 is 2.97 bits per heavy atom. The van der Waals surface area contributed by atoms with Gasteiger partial charge in [-0.05, 0) is 48.2 Å². The van der Waals surface area contributed by atoms with Crippen LogP contribution in [0, 0.1) is 0 Å². The number of rotatable bonds is 5. The number of halogens is 1. The molecule has 1 fully saturated rings. The number of hydrogen-bond donors (Lipinski definition) is 2. The van der Waals surface area contributed by atoms with Crippen LogP contribution in [0.1, 0.15) is 18.4 Å². The first-order valence-electron chi connectivity index (χ1n) is 11.0. The van der Waals surface area contributed by atoms with Gasteiger partial charge in [0.1, 0.15) is 23.2 Å². The lowest BCUT2D eigenvalue weighted by Gasteiger charge is -2.32. The smallest absolute Gasteiger partial charge is 0.410 e. The lowest BCUT2D eigenvalue weighted by atomic mass is 10.1. The summed E-state index contributed by atoms with van der Waals surface area (Å²) in [4.78, 5) is 26.3. The number of H-pyrrole nitrogens is 1. The van der Waals surface area contributed by atoms with E-state index in [-0.39, 0.29) is 18.7 Å². The summed E-state index contributed by atoms with van der Waals surface area (Å²) in [5.74, 6) is 0.681. The lowest BCUT2D eigenvalue weighted by molar-refractivity contribution is 0.0874. The standard InChI is InChI=1S/C25H24ClN5O2/c26-22-12-18(21-14-28-24-20(21)9-4-10-27-24)13-23(30-22)29-19-8-5-11-31(15-19)25(32)33-16-17-6-2-1-3-7-17/h1-4,6-7,9-10,12-14,19H,5,8,11,15-16H2,(H,27,28)(H,29,30). The van der Waals surface area contributed by atoms with E-state index in [1.54, 1.807) is 11.1 Å². The first-order chi connectivity index (χ1) is 16.2. The number of pyridine rings is 2. The predicted molar refractivity (Wildman–Crippen MR) is 129 cm³/mol. The van der Waals surface area contributed by atoms with Crippen LogP contribution < -0.4 is 5.32 Å². The Kier molecular flexibility index (Phi) is 6.13. The predicted octanol–water partition coefficient (Wildman–Crippen LogP) is 5.49. The number of fused-ring (bicyclic) bond motifs is 1. The molecule has 168 valence electrons. The molecule has 1 aromatic carbocycles. The highest BCUT2D eigenvalue weighted by Gasteiger charge is 2.25. The maximum absolute atomic E-state index is 12.6. The SMILES string of the molecule is O=C(OCc1ccccc1)N1CCCC(Nc2cc(-c3c[nH]c4ncccc34)cc(Cl)n2)C1. The van der Waals surface area contributed by atoms with Crippen LogP contribution in [0.15, 0.2) is 67.0 Å². The van der Waals surface area contributed by atoms with Gasteiger partial charge in [-0.2, -0.15) is 0 Å². The van der Waals surface area contributed by atoms with Crippen molar-refractivity contribution in [2.45, 2.75) is 25.5 Å². The Balaban J connectivity index is 1.26. The number of ether oxygens (including phenoxy) is 1. The van der Waals surface area contributed by atoms with Gasteiger partial charge < -0.3 is 19.9 Å². The summed E-state index contributed by atoms with van der Waals surface area (Å²) in [6.07, 6.45) is 5.21. The van der Waals surface area contributed by atoms with E-state index in [0.29, 0.717) is 24.1 Å². The average Bonchev–Trinajstić information content (AvgIpc) is 3.27. The van der Waals surface area contributed by atoms with E-state index in [0.717, 1.165) is 40.6 Å². The molecule has 1 saturated heterocycles. The molecule has 3 aromatic heterocycles. The van der Waals surface area contributed by atoms with Gasteiger partial charge in [-0.1, -0.05) is 41.9 Å². The van der Waals surface area contributed by atoms with E-state index in [1.807, 2.05) is 60.8 Å². The minimum atomic E-state index is -0.295. The van der Waals surface area contributed by atoms with Crippen LogP contribution in [0.2, 0.25) is 5.15 Å². The van der Waals surface area contributed by atoms with E-state index in [1.165, 1.54) is 0 Å². The number of nitrogens with zero attached hydrogens (tertiary/aromatic N) is 3. The molecule has 1 unspecified atom stereocenters. The van der Waals surface area contributed by atoms with Gasteiger partial charge in [-0.3, -0.25) is 0 Å². The molecule has 5 rings (SSSR count). The van der Waals surface area contributed by atoms with E-state index in [4.69, 9.17) is 16.3 Å². The Labute approximate surface area is 196 Å². The van der Waals surface area contributed by atoms with Crippen molar-refractivity contribution in [3.8, 4) is 11.1 Å². The van der Waals surface area contributed by atoms with Crippen molar-refractivity contribution in [2.75, 3.05) is 18.4 Å². The van der Waals surface area contributed by atoms with E-state index >= 15 is 0 Å². The molecule has 1 aliphatic heterocycles. The van der Waals surface area contributed by atoms with Crippen molar-refractivity contribution in [3.63, 3.8) is 0 Å².